The molecule has 0 aliphatic carbocycles. The fraction of sp³-hybridized carbons (Fsp3) is 0.667. The zero-order chi connectivity index (χ0) is 6.41. The van der Waals surface area contributed by atoms with Crippen LogP contribution in [0, 0.1) is 5.92 Å². The molecule has 2 N–H and O–H groups in total. The van der Waals surface area contributed by atoms with Crippen molar-refractivity contribution in [2.24, 2.45) is 5.92 Å². The third kappa shape index (κ3) is 3.68. The molecule has 1 unspecified atom stereocenters. The van der Waals surface area contributed by atoms with Crippen molar-refractivity contribution in [3.8, 4) is 0 Å². The average molecular weight is 116 g/mol. The fourth-order valence-corrected chi connectivity index (χ4v) is 0.368. The Labute approximate surface area is 49.5 Å². The predicted octanol–water partition coefficient (Wildman–Crippen LogP) is 1.08. The van der Waals surface area contributed by atoms with E-state index in [0.717, 1.165) is 12.7 Å². The monoisotopic (exact) mass is 116 g/mol. The lowest BCUT2D eigenvalue weighted by molar-refractivity contribution is 0.238. The van der Waals surface area contributed by atoms with E-state index in [1.165, 1.54) is 0 Å². The molecule has 0 saturated heterocycles. The van der Waals surface area contributed by atoms with Crippen LogP contribution in [0.15, 0.2) is 12.3 Å². The second kappa shape index (κ2) is 4.65. The summed E-state index contributed by atoms with van der Waals surface area (Å²) < 4.78 is 0. The zero-order valence-electron chi connectivity index (χ0n) is 5.04. The lowest BCUT2D eigenvalue weighted by atomic mass is 10.1. The Balaban J connectivity index is 3.10. The highest BCUT2D eigenvalue weighted by atomic mass is 16.3. The number of hydrogen-bond acceptors (Lipinski definition) is 2. The standard InChI is InChI=1S/C6H12O2/c1-6(5-8)3-2-4-7/h2,4,6-8H,3,5H2,1H3. The van der Waals surface area contributed by atoms with Gasteiger partial charge >= 0.3 is 0 Å². The first kappa shape index (κ1) is 7.50. The molecule has 0 spiro atoms. The summed E-state index contributed by atoms with van der Waals surface area (Å²) in [5.74, 6) is 0.262. The second-order valence-corrected chi connectivity index (χ2v) is 1.91. The normalized spacial score (nSPS) is 14.8. The number of aliphatic hydroxyl groups is 2. The topological polar surface area (TPSA) is 40.5 Å². The van der Waals surface area contributed by atoms with Crippen LogP contribution in [-0.4, -0.2) is 16.8 Å². The van der Waals surface area contributed by atoms with Gasteiger partial charge in [-0.05, 0) is 18.4 Å². The summed E-state index contributed by atoms with van der Waals surface area (Å²) in [5, 5.41) is 16.6. The predicted molar refractivity (Wildman–Crippen MR) is 32.6 cm³/mol. The first-order valence-electron chi connectivity index (χ1n) is 2.71. The van der Waals surface area contributed by atoms with Crippen LogP contribution in [0.3, 0.4) is 0 Å². The lowest BCUT2D eigenvalue weighted by Gasteiger charge is -1.99. The minimum absolute atomic E-state index is 0.185. The summed E-state index contributed by atoms with van der Waals surface area (Å²) in [4.78, 5) is 0. The molecule has 2 nitrogen and oxygen atoms in total. The third-order valence-electron chi connectivity index (χ3n) is 0.956. The molecule has 0 aromatic carbocycles. The van der Waals surface area contributed by atoms with Crippen molar-refractivity contribution in [3.63, 3.8) is 0 Å². The summed E-state index contributed by atoms with van der Waals surface area (Å²) in [6.07, 6.45) is 3.38. The zero-order valence-corrected chi connectivity index (χ0v) is 5.04. The Morgan fingerprint density at radius 1 is 1.62 bits per heavy atom. The third-order valence-corrected chi connectivity index (χ3v) is 0.956. The van der Waals surface area contributed by atoms with Crippen molar-refractivity contribution in [3.05, 3.63) is 12.3 Å². The molecule has 0 radical (unpaired) electrons. The molecule has 0 aliphatic heterocycles. The molecule has 0 aliphatic rings. The van der Waals surface area contributed by atoms with E-state index in [9.17, 15) is 0 Å². The van der Waals surface area contributed by atoms with E-state index in [0.29, 0.717) is 0 Å². The van der Waals surface area contributed by atoms with Crippen molar-refractivity contribution in [1.29, 1.82) is 0 Å². The molecule has 0 aromatic rings. The highest BCUT2D eigenvalue weighted by Crippen LogP contribution is 1.99. The lowest BCUT2D eigenvalue weighted by Crippen LogP contribution is -1.97. The molecular weight excluding hydrogens is 104 g/mol. The van der Waals surface area contributed by atoms with E-state index >= 15 is 0 Å². The molecule has 0 heterocycles. The van der Waals surface area contributed by atoms with Gasteiger partial charge in [0.2, 0.25) is 0 Å². The first-order chi connectivity index (χ1) is 3.81. The maximum Gasteiger partial charge on any atom is 0.0751 e. The van der Waals surface area contributed by atoms with Gasteiger partial charge < -0.3 is 10.2 Å². The van der Waals surface area contributed by atoms with Crippen LogP contribution in [0.5, 0.6) is 0 Å². The molecular formula is C6H12O2. The van der Waals surface area contributed by atoms with Crippen molar-refractivity contribution in [2.75, 3.05) is 6.61 Å². The highest BCUT2D eigenvalue weighted by Gasteiger charge is 1.93. The minimum atomic E-state index is 0.185. The van der Waals surface area contributed by atoms with Gasteiger partial charge in [0.05, 0.1) is 6.26 Å². The summed E-state index contributed by atoms with van der Waals surface area (Å²) in [6, 6.07) is 0. The van der Waals surface area contributed by atoms with E-state index in [1.807, 2.05) is 6.92 Å². The summed E-state index contributed by atoms with van der Waals surface area (Å²) >= 11 is 0. The Bertz CT molecular complexity index is 68.9. The van der Waals surface area contributed by atoms with Crippen LogP contribution < -0.4 is 0 Å². The van der Waals surface area contributed by atoms with E-state index in [2.05, 4.69) is 0 Å². The number of allylic oxidation sites excluding steroid dienone is 1. The molecule has 2 heteroatoms. The minimum Gasteiger partial charge on any atom is -0.516 e. The Kier molecular flexibility index (Phi) is 4.36. The van der Waals surface area contributed by atoms with Crippen LogP contribution >= 0.6 is 0 Å². The molecule has 0 fully saturated rings. The van der Waals surface area contributed by atoms with Crippen LogP contribution in [-0.2, 0) is 0 Å². The van der Waals surface area contributed by atoms with Gasteiger partial charge in [-0.2, -0.15) is 0 Å². The van der Waals surface area contributed by atoms with Gasteiger partial charge in [0.15, 0.2) is 0 Å². The summed E-state index contributed by atoms with van der Waals surface area (Å²) in [6.45, 7) is 2.10. The Morgan fingerprint density at radius 2 is 2.25 bits per heavy atom. The van der Waals surface area contributed by atoms with E-state index in [4.69, 9.17) is 10.2 Å². The van der Waals surface area contributed by atoms with E-state index in [1.54, 1.807) is 6.08 Å². The SMILES string of the molecule is CC(CO)CC=CO. The van der Waals surface area contributed by atoms with Gasteiger partial charge in [0, 0.05) is 6.61 Å². The summed E-state index contributed by atoms with van der Waals surface area (Å²) in [5.41, 5.74) is 0. The highest BCUT2D eigenvalue weighted by molar-refractivity contribution is 4.73. The van der Waals surface area contributed by atoms with Gasteiger partial charge in [0.25, 0.3) is 0 Å². The maximum atomic E-state index is 8.45. The van der Waals surface area contributed by atoms with Crippen LogP contribution in [0.25, 0.3) is 0 Å². The van der Waals surface area contributed by atoms with Gasteiger partial charge in [-0.25, -0.2) is 0 Å². The molecule has 8 heavy (non-hydrogen) atoms. The van der Waals surface area contributed by atoms with Crippen LogP contribution in [0.2, 0.25) is 0 Å². The van der Waals surface area contributed by atoms with Gasteiger partial charge in [-0.3, -0.25) is 0 Å². The van der Waals surface area contributed by atoms with E-state index < -0.39 is 0 Å². The van der Waals surface area contributed by atoms with Gasteiger partial charge in [-0.15, -0.1) is 0 Å². The van der Waals surface area contributed by atoms with Crippen molar-refractivity contribution in [2.45, 2.75) is 13.3 Å². The van der Waals surface area contributed by atoms with Gasteiger partial charge in [-0.1, -0.05) is 6.92 Å². The van der Waals surface area contributed by atoms with Gasteiger partial charge in [0.1, 0.15) is 0 Å². The number of aliphatic hydroxyl groups excluding tert-OH is 2. The number of hydrogen-bond donors (Lipinski definition) is 2. The van der Waals surface area contributed by atoms with Crippen molar-refractivity contribution >= 4 is 0 Å². The quantitative estimate of drug-likeness (QED) is 0.541. The maximum absolute atomic E-state index is 8.45. The molecule has 0 saturated carbocycles. The Morgan fingerprint density at radius 3 is 2.62 bits per heavy atom. The van der Waals surface area contributed by atoms with Crippen LogP contribution in [0.1, 0.15) is 13.3 Å². The van der Waals surface area contributed by atoms with E-state index in [-0.39, 0.29) is 12.5 Å². The fourth-order valence-electron chi connectivity index (χ4n) is 0.368. The van der Waals surface area contributed by atoms with Crippen molar-refractivity contribution in [1.82, 2.24) is 0 Å². The van der Waals surface area contributed by atoms with Crippen molar-refractivity contribution < 1.29 is 10.2 Å². The smallest absolute Gasteiger partial charge is 0.0751 e. The molecule has 0 amide bonds. The van der Waals surface area contributed by atoms with Crippen LogP contribution in [0.4, 0.5) is 0 Å². The Hall–Kier alpha value is -0.500. The molecule has 0 rings (SSSR count). The summed E-state index contributed by atoms with van der Waals surface area (Å²) in [7, 11) is 0. The first-order valence-corrected chi connectivity index (χ1v) is 2.71. The molecule has 48 valence electrons. The number of rotatable bonds is 3. The second-order valence-electron chi connectivity index (χ2n) is 1.91. The molecule has 0 bridgehead atoms. The molecule has 0 aromatic heterocycles. The molecule has 1 atom stereocenters. The largest absolute Gasteiger partial charge is 0.516 e. The average Bonchev–Trinajstić information content (AvgIpc) is 1.83.